The predicted octanol–water partition coefficient (Wildman–Crippen LogP) is 0.845. The second-order valence-corrected chi connectivity index (χ2v) is 4.49. The van der Waals surface area contributed by atoms with Crippen LogP contribution in [0.25, 0.3) is 0 Å². The Morgan fingerprint density at radius 2 is 2.25 bits per heavy atom. The summed E-state index contributed by atoms with van der Waals surface area (Å²) >= 11 is 0. The number of carbonyl (C=O) groups excluding carboxylic acids is 1. The van der Waals surface area contributed by atoms with Crippen LogP contribution in [-0.2, 0) is 9.53 Å². The van der Waals surface area contributed by atoms with E-state index in [1.807, 2.05) is 4.90 Å². The number of ether oxygens (including phenoxy) is 1. The van der Waals surface area contributed by atoms with Crippen molar-refractivity contribution in [3.8, 4) is 0 Å². The maximum absolute atomic E-state index is 13.4. The van der Waals surface area contributed by atoms with Crippen LogP contribution in [0.4, 0.5) is 10.1 Å². The number of halogens is 2. The molecule has 7 heteroatoms. The van der Waals surface area contributed by atoms with E-state index in [0.717, 1.165) is 0 Å². The number of amides is 1. The Hall–Kier alpha value is -1.21. The quantitative estimate of drug-likeness (QED) is 0.865. The lowest BCUT2D eigenvalue weighted by atomic mass is 10.2. The molecule has 5 nitrogen and oxygen atoms in total. The maximum Gasteiger partial charge on any atom is 0.238 e. The Balaban J connectivity index is 0.00000200. The Morgan fingerprint density at radius 3 is 2.95 bits per heavy atom. The first-order valence-corrected chi connectivity index (χ1v) is 6.27. The van der Waals surface area contributed by atoms with Crippen molar-refractivity contribution in [1.82, 2.24) is 4.90 Å². The Bertz CT molecular complexity index is 447. The molecule has 1 saturated heterocycles. The van der Waals surface area contributed by atoms with Gasteiger partial charge < -0.3 is 15.8 Å². The van der Waals surface area contributed by atoms with E-state index in [-0.39, 0.29) is 36.7 Å². The van der Waals surface area contributed by atoms with Gasteiger partial charge in [-0.3, -0.25) is 9.69 Å². The molecule has 1 atom stereocenters. The van der Waals surface area contributed by atoms with Gasteiger partial charge >= 0.3 is 0 Å². The molecule has 0 spiro atoms. The normalized spacial score (nSPS) is 19.2. The van der Waals surface area contributed by atoms with E-state index in [2.05, 4.69) is 5.32 Å². The summed E-state index contributed by atoms with van der Waals surface area (Å²) in [6.07, 6.45) is -0.0324. The van der Waals surface area contributed by atoms with Crippen LogP contribution in [0, 0.1) is 5.82 Å². The first kappa shape index (κ1) is 16.8. The number of nitrogens with one attached hydrogen (secondary N) is 1. The molecule has 1 heterocycles. The van der Waals surface area contributed by atoms with Crippen molar-refractivity contribution in [2.45, 2.75) is 6.10 Å². The first-order valence-electron chi connectivity index (χ1n) is 6.27. The van der Waals surface area contributed by atoms with Gasteiger partial charge in [-0.25, -0.2) is 4.39 Å². The third-order valence-corrected chi connectivity index (χ3v) is 3.00. The van der Waals surface area contributed by atoms with Gasteiger partial charge in [0.1, 0.15) is 5.82 Å². The van der Waals surface area contributed by atoms with Crippen LogP contribution in [-0.4, -0.2) is 49.7 Å². The number of benzene rings is 1. The largest absolute Gasteiger partial charge is 0.374 e. The van der Waals surface area contributed by atoms with Gasteiger partial charge in [-0.1, -0.05) is 12.1 Å². The topological polar surface area (TPSA) is 67.6 Å². The van der Waals surface area contributed by atoms with E-state index < -0.39 is 5.82 Å². The van der Waals surface area contributed by atoms with Crippen LogP contribution in [0.3, 0.4) is 0 Å². The smallest absolute Gasteiger partial charge is 0.238 e. The van der Waals surface area contributed by atoms with Crippen LogP contribution < -0.4 is 11.1 Å². The van der Waals surface area contributed by atoms with E-state index in [4.69, 9.17) is 10.5 Å². The van der Waals surface area contributed by atoms with Gasteiger partial charge in [-0.05, 0) is 12.1 Å². The van der Waals surface area contributed by atoms with Gasteiger partial charge in [0.15, 0.2) is 0 Å². The molecule has 112 valence electrons. The number of nitrogens with two attached hydrogens (primary N) is 1. The minimum atomic E-state index is -0.433. The number of hydrogen-bond acceptors (Lipinski definition) is 4. The predicted molar refractivity (Wildman–Crippen MR) is 77.5 cm³/mol. The zero-order valence-electron chi connectivity index (χ0n) is 11.0. The third kappa shape index (κ3) is 4.72. The molecule has 0 aliphatic carbocycles. The molecule has 1 unspecified atom stereocenters. The Morgan fingerprint density at radius 1 is 1.50 bits per heavy atom. The monoisotopic (exact) mass is 303 g/mol. The lowest BCUT2D eigenvalue weighted by molar-refractivity contribution is -0.119. The van der Waals surface area contributed by atoms with Gasteiger partial charge in [-0.15, -0.1) is 12.4 Å². The van der Waals surface area contributed by atoms with Crippen molar-refractivity contribution in [3.05, 3.63) is 30.1 Å². The SMILES string of the molecule is Cl.NCC1CN(CC(=O)Nc2ccccc2F)CCO1. The minimum Gasteiger partial charge on any atom is -0.374 e. The van der Waals surface area contributed by atoms with Gasteiger partial charge in [0.05, 0.1) is 24.9 Å². The highest BCUT2D eigenvalue weighted by molar-refractivity contribution is 5.92. The highest BCUT2D eigenvalue weighted by Crippen LogP contribution is 2.12. The molecule has 1 aromatic carbocycles. The number of rotatable bonds is 4. The zero-order valence-corrected chi connectivity index (χ0v) is 11.9. The van der Waals surface area contributed by atoms with Crippen LogP contribution >= 0.6 is 12.4 Å². The van der Waals surface area contributed by atoms with Crippen LogP contribution in [0.2, 0.25) is 0 Å². The Kier molecular flexibility index (Phi) is 6.87. The molecule has 0 aromatic heterocycles. The summed E-state index contributed by atoms with van der Waals surface area (Å²) in [7, 11) is 0. The standard InChI is InChI=1S/C13H18FN3O2.ClH/c14-11-3-1-2-4-12(11)16-13(18)9-17-5-6-19-10(7-15)8-17;/h1-4,10H,5-9,15H2,(H,16,18);1H. The van der Waals surface area contributed by atoms with Crippen LogP contribution in [0.1, 0.15) is 0 Å². The number of carbonyl (C=O) groups is 1. The Labute approximate surface area is 123 Å². The van der Waals surface area contributed by atoms with Gasteiger partial charge in [0, 0.05) is 19.6 Å². The summed E-state index contributed by atoms with van der Waals surface area (Å²) in [5.74, 6) is -0.666. The molecule has 0 saturated carbocycles. The highest BCUT2D eigenvalue weighted by Gasteiger charge is 2.21. The lowest BCUT2D eigenvalue weighted by Crippen LogP contribution is -2.48. The average Bonchev–Trinajstić information content (AvgIpc) is 2.41. The number of para-hydroxylation sites is 1. The number of anilines is 1. The first-order chi connectivity index (χ1) is 9.19. The van der Waals surface area contributed by atoms with E-state index in [9.17, 15) is 9.18 Å². The van der Waals surface area contributed by atoms with Gasteiger partial charge in [0.2, 0.25) is 5.91 Å². The molecule has 1 aliphatic heterocycles. The van der Waals surface area contributed by atoms with E-state index in [0.29, 0.717) is 26.2 Å². The summed E-state index contributed by atoms with van der Waals surface area (Å²) in [4.78, 5) is 13.8. The van der Waals surface area contributed by atoms with Crippen molar-refractivity contribution in [1.29, 1.82) is 0 Å². The molecule has 0 bridgehead atoms. The molecular formula is C13H19ClFN3O2. The fraction of sp³-hybridized carbons (Fsp3) is 0.462. The molecule has 20 heavy (non-hydrogen) atoms. The van der Waals surface area contributed by atoms with Crippen molar-refractivity contribution < 1.29 is 13.9 Å². The summed E-state index contributed by atoms with van der Waals surface area (Å²) < 4.78 is 18.8. The summed E-state index contributed by atoms with van der Waals surface area (Å²) in [5.41, 5.74) is 5.74. The molecule has 1 aliphatic rings. The van der Waals surface area contributed by atoms with E-state index in [1.54, 1.807) is 12.1 Å². The van der Waals surface area contributed by atoms with Crippen LogP contribution in [0.15, 0.2) is 24.3 Å². The number of hydrogen-bond donors (Lipinski definition) is 2. The summed E-state index contributed by atoms with van der Waals surface area (Å²) in [6, 6.07) is 6.11. The molecule has 2 rings (SSSR count). The van der Waals surface area contributed by atoms with Gasteiger partial charge in [0.25, 0.3) is 0 Å². The van der Waals surface area contributed by atoms with E-state index >= 15 is 0 Å². The lowest BCUT2D eigenvalue weighted by Gasteiger charge is -2.31. The van der Waals surface area contributed by atoms with Crippen molar-refractivity contribution in [3.63, 3.8) is 0 Å². The summed E-state index contributed by atoms with van der Waals surface area (Å²) in [6.45, 7) is 2.52. The molecule has 3 N–H and O–H groups in total. The van der Waals surface area contributed by atoms with E-state index in [1.165, 1.54) is 12.1 Å². The van der Waals surface area contributed by atoms with Crippen molar-refractivity contribution in [2.24, 2.45) is 5.73 Å². The van der Waals surface area contributed by atoms with Crippen LogP contribution in [0.5, 0.6) is 0 Å². The van der Waals surface area contributed by atoms with Crippen molar-refractivity contribution in [2.75, 3.05) is 38.1 Å². The summed E-state index contributed by atoms with van der Waals surface area (Å²) in [5, 5.41) is 2.56. The second-order valence-electron chi connectivity index (χ2n) is 4.49. The van der Waals surface area contributed by atoms with Crippen molar-refractivity contribution >= 4 is 24.0 Å². The average molecular weight is 304 g/mol. The zero-order chi connectivity index (χ0) is 13.7. The third-order valence-electron chi connectivity index (χ3n) is 3.00. The number of nitrogens with zero attached hydrogens (tertiary/aromatic N) is 1. The minimum absolute atomic E-state index is 0. The molecule has 0 radical (unpaired) electrons. The number of morpholine rings is 1. The second kappa shape index (κ2) is 8.16. The maximum atomic E-state index is 13.4. The molecular weight excluding hydrogens is 285 g/mol. The highest BCUT2D eigenvalue weighted by atomic mass is 35.5. The molecule has 1 fully saturated rings. The molecule has 1 amide bonds. The fourth-order valence-electron chi connectivity index (χ4n) is 2.02. The van der Waals surface area contributed by atoms with Gasteiger partial charge in [-0.2, -0.15) is 0 Å². The molecule has 1 aromatic rings. The fourth-order valence-corrected chi connectivity index (χ4v) is 2.02.